The summed E-state index contributed by atoms with van der Waals surface area (Å²) in [5.41, 5.74) is 3.39. The number of piperidine rings is 2. The van der Waals surface area contributed by atoms with Gasteiger partial charge in [0, 0.05) is 29.9 Å². The lowest BCUT2D eigenvalue weighted by Gasteiger charge is -2.51. The summed E-state index contributed by atoms with van der Waals surface area (Å²) in [7, 11) is -8.17. The molecule has 4 aromatic rings. The van der Waals surface area contributed by atoms with Crippen LogP contribution in [-0.4, -0.2) is 43.8 Å². The predicted molar refractivity (Wildman–Crippen MR) is 170 cm³/mol. The maximum Gasteiger partial charge on any atom is 0.243 e. The van der Waals surface area contributed by atoms with Crippen LogP contribution in [0.3, 0.4) is 0 Å². The van der Waals surface area contributed by atoms with Gasteiger partial charge in [-0.2, -0.15) is 8.61 Å². The SMILES string of the molecule is Cc1ccc([C@@H]2CC(=O)[C@@H]3CN(S(=O)(=O)c4ccc(C)cc4)[C@H](c4ccccc4)C[C@@H]3N2S(=O)(=O)c2ccc(Cl)cc2)cc1. The minimum atomic E-state index is -4.14. The zero-order valence-corrected chi connectivity index (χ0v) is 26.8. The van der Waals surface area contributed by atoms with Crippen molar-refractivity contribution in [2.24, 2.45) is 5.92 Å². The molecule has 2 saturated heterocycles. The first kappa shape index (κ1) is 30.7. The Hall–Kier alpha value is -3.34. The molecule has 0 N–H and O–H groups in total. The summed E-state index contributed by atoms with van der Waals surface area (Å²) in [4.78, 5) is 14.2. The van der Waals surface area contributed by atoms with Crippen LogP contribution in [0.25, 0.3) is 0 Å². The fraction of sp³-hybridized carbons (Fsp3) is 0.265. The Balaban J connectivity index is 1.50. The summed E-state index contributed by atoms with van der Waals surface area (Å²) in [6, 6.07) is 27.2. The Bertz CT molecular complexity index is 1880. The average Bonchev–Trinajstić information content (AvgIpc) is 3.01. The fourth-order valence-corrected chi connectivity index (χ4v) is 10.1. The van der Waals surface area contributed by atoms with Crippen LogP contribution in [0.15, 0.2) is 113 Å². The van der Waals surface area contributed by atoms with E-state index in [1.54, 1.807) is 24.3 Å². The van der Waals surface area contributed by atoms with E-state index in [4.69, 9.17) is 11.6 Å². The van der Waals surface area contributed by atoms with Crippen LogP contribution in [0.4, 0.5) is 0 Å². The van der Waals surface area contributed by atoms with E-state index in [9.17, 15) is 21.6 Å². The van der Waals surface area contributed by atoms with Gasteiger partial charge in [0.15, 0.2) is 0 Å². The molecule has 10 heteroatoms. The molecule has 0 aromatic heterocycles. The molecule has 0 spiro atoms. The molecule has 4 aromatic carbocycles. The molecular formula is C34H33ClN2O5S2. The first-order valence-corrected chi connectivity index (χ1v) is 17.7. The number of aryl methyl sites for hydroxylation is 2. The second-order valence-electron chi connectivity index (χ2n) is 11.6. The number of ketones is 1. The third kappa shape index (κ3) is 5.63. The number of hydrogen-bond acceptors (Lipinski definition) is 5. The molecule has 0 radical (unpaired) electrons. The normalized spacial score (nSPS) is 23.3. The minimum Gasteiger partial charge on any atom is -0.299 e. The molecule has 228 valence electrons. The maximum absolute atomic E-state index is 14.5. The zero-order valence-electron chi connectivity index (χ0n) is 24.4. The van der Waals surface area contributed by atoms with Crippen molar-refractivity contribution in [3.63, 3.8) is 0 Å². The first-order valence-electron chi connectivity index (χ1n) is 14.5. The Kier molecular flexibility index (Phi) is 8.28. The third-order valence-electron chi connectivity index (χ3n) is 8.76. The Morgan fingerprint density at radius 2 is 1.18 bits per heavy atom. The molecule has 0 saturated carbocycles. The predicted octanol–water partition coefficient (Wildman–Crippen LogP) is 6.48. The molecule has 0 bridgehead atoms. The largest absolute Gasteiger partial charge is 0.299 e. The third-order valence-corrected chi connectivity index (χ3v) is 12.8. The Labute approximate surface area is 264 Å². The van der Waals surface area contributed by atoms with E-state index >= 15 is 0 Å². The second-order valence-corrected chi connectivity index (χ2v) is 15.8. The van der Waals surface area contributed by atoms with Crippen molar-refractivity contribution in [2.45, 2.75) is 54.6 Å². The number of sulfonamides is 2. The van der Waals surface area contributed by atoms with Crippen LogP contribution in [0.2, 0.25) is 5.02 Å². The number of benzene rings is 4. The smallest absolute Gasteiger partial charge is 0.243 e. The zero-order chi connectivity index (χ0) is 31.2. The number of carbonyl (C=O) groups is 1. The highest BCUT2D eigenvalue weighted by Crippen LogP contribution is 2.48. The lowest BCUT2D eigenvalue weighted by atomic mass is 9.77. The van der Waals surface area contributed by atoms with Gasteiger partial charge >= 0.3 is 0 Å². The average molecular weight is 649 g/mol. The van der Waals surface area contributed by atoms with Crippen LogP contribution >= 0.6 is 11.6 Å². The summed E-state index contributed by atoms with van der Waals surface area (Å²) in [6.07, 6.45) is 0.0478. The van der Waals surface area contributed by atoms with Gasteiger partial charge in [0.25, 0.3) is 0 Å². The van der Waals surface area contributed by atoms with E-state index in [1.165, 1.54) is 32.9 Å². The van der Waals surface area contributed by atoms with Crippen molar-refractivity contribution < 1.29 is 21.6 Å². The minimum absolute atomic E-state index is 0.0640. The van der Waals surface area contributed by atoms with Crippen molar-refractivity contribution >= 4 is 37.4 Å². The Morgan fingerprint density at radius 1 is 0.659 bits per heavy atom. The van der Waals surface area contributed by atoms with Crippen molar-refractivity contribution in [2.75, 3.05) is 6.54 Å². The highest BCUT2D eigenvalue weighted by atomic mass is 35.5. The lowest BCUT2D eigenvalue weighted by molar-refractivity contribution is -0.132. The van der Waals surface area contributed by atoms with Crippen LogP contribution in [0, 0.1) is 19.8 Å². The maximum atomic E-state index is 14.5. The summed E-state index contributed by atoms with van der Waals surface area (Å²) in [6.45, 7) is 3.70. The molecule has 44 heavy (non-hydrogen) atoms. The van der Waals surface area contributed by atoms with Crippen molar-refractivity contribution in [3.8, 4) is 0 Å². The molecule has 2 aliphatic rings. The summed E-state index contributed by atoms with van der Waals surface area (Å²) in [5, 5.41) is 0.407. The van der Waals surface area contributed by atoms with E-state index in [1.807, 2.05) is 68.4 Å². The molecular weight excluding hydrogens is 616 g/mol. The van der Waals surface area contributed by atoms with Gasteiger partial charge in [0.1, 0.15) is 5.78 Å². The number of nitrogens with zero attached hydrogens (tertiary/aromatic N) is 2. The van der Waals surface area contributed by atoms with E-state index in [0.29, 0.717) is 10.6 Å². The molecule has 0 amide bonds. The van der Waals surface area contributed by atoms with Crippen molar-refractivity contribution in [3.05, 3.63) is 130 Å². The second kappa shape index (κ2) is 11.9. The monoisotopic (exact) mass is 648 g/mol. The number of rotatable bonds is 6. The molecule has 2 fully saturated rings. The van der Waals surface area contributed by atoms with Gasteiger partial charge in [-0.3, -0.25) is 4.79 Å². The van der Waals surface area contributed by atoms with E-state index in [0.717, 1.165) is 16.7 Å². The molecule has 2 heterocycles. The molecule has 0 aliphatic carbocycles. The van der Waals surface area contributed by atoms with Crippen LogP contribution in [-0.2, 0) is 24.8 Å². The fourth-order valence-electron chi connectivity index (χ4n) is 6.43. The highest BCUT2D eigenvalue weighted by Gasteiger charge is 2.54. The molecule has 6 rings (SSSR count). The molecule has 7 nitrogen and oxygen atoms in total. The first-order chi connectivity index (χ1) is 21.0. The number of Topliss-reactive ketones (excluding diaryl/α,β-unsaturated/α-hetero) is 1. The van der Waals surface area contributed by atoms with Crippen molar-refractivity contribution in [1.82, 2.24) is 8.61 Å². The van der Waals surface area contributed by atoms with Crippen LogP contribution in [0.5, 0.6) is 0 Å². The topological polar surface area (TPSA) is 91.8 Å². The van der Waals surface area contributed by atoms with E-state index in [-0.39, 0.29) is 35.0 Å². The van der Waals surface area contributed by atoms with Gasteiger partial charge in [-0.1, -0.05) is 89.5 Å². The van der Waals surface area contributed by atoms with Gasteiger partial charge in [0.2, 0.25) is 20.0 Å². The highest BCUT2D eigenvalue weighted by molar-refractivity contribution is 7.89. The van der Waals surface area contributed by atoms with Gasteiger partial charge in [-0.25, -0.2) is 16.8 Å². The van der Waals surface area contributed by atoms with Gasteiger partial charge < -0.3 is 0 Å². The lowest BCUT2D eigenvalue weighted by Crippen LogP contribution is -2.60. The number of carbonyl (C=O) groups excluding carboxylic acids is 1. The number of fused-ring (bicyclic) bond motifs is 1. The summed E-state index contributed by atoms with van der Waals surface area (Å²) in [5.74, 6) is -1.00. The quantitative estimate of drug-likeness (QED) is 0.239. The summed E-state index contributed by atoms with van der Waals surface area (Å²) >= 11 is 6.11. The van der Waals surface area contributed by atoms with Crippen LogP contribution in [0.1, 0.15) is 47.2 Å². The molecule has 4 atom stereocenters. The van der Waals surface area contributed by atoms with E-state index in [2.05, 4.69) is 0 Å². The van der Waals surface area contributed by atoms with Crippen LogP contribution < -0.4 is 0 Å². The van der Waals surface area contributed by atoms with Crippen molar-refractivity contribution in [1.29, 1.82) is 0 Å². The summed E-state index contributed by atoms with van der Waals surface area (Å²) < 4.78 is 60.3. The molecule has 0 unspecified atom stereocenters. The van der Waals surface area contributed by atoms with E-state index < -0.39 is 44.1 Å². The van der Waals surface area contributed by atoms with Gasteiger partial charge in [-0.05, 0) is 67.8 Å². The number of halogens is 1. The molecule has 2 aliphatic heterocycles. The van der Waals surface area contributed by atoms with Gasteiger partial charge in [-0.15, -0.1) is 0 Å². The number of hydrogen-bond donors (Lipinski definition) is 0. The van der Waals surface area contributed by atoms with Gasteiger partial charge in [0.05, 0.1) is 21.9 Å². The standard InChI is InChI=1S/C34H33ClN2O5S2/c1-23-8-12-26(13-9-23)32-21-34(38)30-22-36(43(39,40)28-16-10-24(2)11-17-28)31(25-6-4-3-5-7-25)20-33(30)37(32)44(41,42)29-18-14-27(35)15-19-29/h3-19,30-33H,20-22H2,1-2H3/t30-,31+,32+,33+/m1/s1. The Morgan fingerprint density at radius 3 is 1.80 bits per heavy atom.